The predicted octanol–water partition coefficient (Wildman–Crippen LogP) is 2.77. The van der Waals surface area contributed by atoms with E-state index in [1.807, 2.05) is 25.1 Å². The maximum absolute atomic E-state index is 9.94. The Morgan fingerprint density at radius 3 is 2.95 bits per heavy atom. The van der Waals surface area contributed by atoms with E-state index in [9.17, 15) is 5.11 Å². The highest BCUT2D eigenvalue weighted by Crippen LogP contribution is 2.36. The van der Waals surface area contributed by atoms with E-state index in [-0.39, 0.29) is 11.7 Å². The highest BCUT2D eigenvalue weighted by molar-refractivity contribution is 5.38. The van der Waals surface area contributed by atoms with Crippen molar-refractivity contribution < 1.29 is 19.3 Å². The highest BCUT2D eigenvalue weighted by Gasteiger charge is 2.42. The molecule has 1 spiro atoms. The average Bonchev–Trinajstić information content (AvgIpc) is 2.88. The van der Waals surface area contributed by atoms with Crippen LogP contribution in [0, 0.1) is 6.92 Å². The molecule has 2 heterocycles. The van der Waals surface area contributed by atoms with Crippen LogP contribution in [0.2, 0.25) is 0 Å². The number of hydrogen-bond acceptors (Lipinski definition) is 4. The molecule has 2 fully saturated rings. The van der Waals surface area contributed by atoms with Gasteiger partial charge < -0.3 is 19.3 Å². The summed E-state index contributed by atoms with van der Waals surface area (Å²) in [5.41, 5.74) is 1.84. The molecule has 2 saturated heterocycles. The molecule has 0 radical (unpaired) electrons. The summed E-state index contributed by atoms with van der Waals surface area (Å²) in [5, 5.41) is 9.94. The fourth-order valence-electron chi connectivity index (χ4n) is 3.23. The molecule has 3 rings (SSSR count). The molecule has 0 aliphatic carbocycles. The molecule has 0 aromatic heterocycles. The number of ether oxygens (including phenoxy) is 3. The van der Waals surface area contributed by atoms with Crippen molar-refractivity contribution in [2.45, 2.75) is 50.9 Å². The topological polar surface area (TPSA) is 47.9 Å². The van der Waals surface area contributed by atoms with Crippen LogP contribution in [0.4, 0.5) is 0 Å². The van der Waals surface area contributed by atoms with Crippen LogP contribution in [0.5, 0.6) is 5.75 Å². The first-order chi connectivity index (χ1) is 10.1. The lowest BCUT2D eigenvalue weighted by Gasteiger charge is -2.37. The standard InChI is InChI=1S/C17H24O4/c1-12-3-4-16(15(9-12)13(2)18)21-14-5-7-20-17(10-14)6-8-19-11-17/h3-4,9,13-14,18H,5-8,10-11H2,1-2H3/t13-,14?,17?/m0/s1. The molecule has 4 heteroatoms. The fraction of sp³-hybridized carbons (Fsp3) is 0.647. The van der Waals surface area contributed by atoms with Gasteiger partial charge in [-0.05, 0) is 26.0 Å². The summed E-state index contributed by atoms with van der Waals surface area (Å²) in [6.45, 7) is 5.96. The van der Waals surface area contributed by atoms with Crippen LogP contribution in [0.25, 0.3) is 0 Å². The van der Waals surface area contributed by atoms with Gasteiger partial charge >= 0.3 is 0 Å². The molecule has 116 valence electrons. The number of aliphatic hydroxyl groups is 1. The third-order valence-electron chi connectivity index (χ3n) is 4.42. The maximum atomic E-state index is 9.94. The summed E-state index contributed by atoms with van der Waals surface area (Å²) in [4.78, 5) is 0. The lowest BCUT2D eigenvalue weighted by Crippen LogP contribution is -2.44. The second-order valence-electron chi connectivity index (χ2n) is 6.28. The smallest absolute Gasteiger partial charge is 0.125 e. The van der Waals surface area contributed by atoms with Gasteiger partial charge in [0.15, 0.2) is 0 Å². The van der Waals surface area contributed by atoms with Gasteiger partial charge in [0.1, 0.15) is 11.9 Å². The molecule has 1 N–H and O–H groups in total. The molecule has 0 saturated carbocycles. The third kappa shape index (κ3) is 3.23. The summed E-state index contributed by atoms with van der Waals surface area (Å²) < 4.78 is 17.6. The minimum Gasteiger partial charge on any atom is -0.490 e. The van der Waals surface area contributed by atoms with Gasteiger partial charge in [0, 0.05) is 31.4 Å². The SMILES string of the molecule is Cc1ccc(OC2CCOC3(CCOC3)C2)c([C@H](C)O)c1. The molecule has 2 aliphatic heterocycles. The van der Waals surface area contributed by atoms with E-state index >= 15 is 0 Å². The first-order valence-electron chi connectivity index (χ1n) is 7.75. The van der Waals surface area contributed by atoms with Gasteiger partial charge in [-0.25, -0.2) is 0 Å². The summed E-state index contributed by atoms with van der Waals surface area (Å²) in [7, 11) is 0. The van der Waals surface area contributed by atoms with Gasteiger partial charge in [-0.3, -0.25) is 0 Å². The Hall–Kier alpha value is -1.10. The molecule has 0 amide bonds. The van der Waals surface area contributed by atoms with E-state index in [1.54, 1.807) is 6.92 Å². The Balaban J connectivity index is 1.74. The molecular formula is C17H24O4. The molecular weight excluding hydrogens is 268 g/mol. The summed E-state index contributed by atoms with van der Waals surface area (Å²) in [6, 6.07) is 5.98. The molecule has 4 nitrogen and oxygen atoms in total. The van der Waals surface area contributed by atoms with Gasteiger partial charge in [-0.15, -0.1) is 0 Å². The zero-order chi connectivity index (χ0) is 14.9. The minimum atomic E-state index is -0.525. The van der Waals surface area contributed by atoms with Crippen molar-refractivity contribution in [2.75, 3.05) is 19.8 Å². The maximum Gasteiger partial charge on any atom is 0.125 e. The van der Waals surface area contributed by atoms with Gasteiger partial charge in [-0.1, -0.05) is 11.6 Å². The molecule has 0 bridgehead atoms. The Bertz CT molecular complexity index is 492. The monoisotopic (exact) mass is 292 g/mol. The van der Waals surface area contributed by atoms with E-state index in [4.69, 9.17) is 14.2 Å². The van der Waals surface area contributed by atoms with Crippen molar-refractivity contribution in [1.82, 2.24) is 0 Å². The number of aliphatic hydroxyl groups excluding tert-OH is 1. The van der Waals surface area contributed by atoms with Crippen molar-refractivity contribution in [3.05, 3.63) is 29.3 Å². The van der Waals surface area contributed by atoms with Crippen LogP contribution >= 0.6 is 0 Å². The molecule has 1 aromatic rings. The van der Waals surface area contributed by atoms with Gasteiger partial charge in [0.2, 0.25) is 0 Å². The minimum absolute atomic E-state index is 0.126. The van der Waals surface area contributed by atoms with E-state index in [0.717, 1.165) is 42.7 Å². The van der Waals surface area contributed by atoms with E-state index in [1.165, 1.54) is 0 Å². The van der Waals surface area contributed by atoms with Crippen LogP contribution in [-0.4, -0.2) is 36.6 Å². The first kappa shape index (κ1) is 14.8. The Morgan fingerprint density at radius 2 is 2.24 bits per heavy atom. The van der Waals surface area contributed by atoms with Crippen LogP contribution in [0.15, 0.2) is 18.2 Å². The number of hydrogen-bond donors (Lipinski definition) is 1. The van der Waals surface area contributed by atoms with E-state index in [2.05, 4.69) is 0 Å². The lowest BCUT2D eigenvalue weighted by molar-refractivity contribution is -0.112. The molecule has 2 aliphatic rings. The second kappa shape index (κ2) is 5.95. The largest absolute Gasteiger partial charge is 0.490 e. The lowest BCUT2D eigenvalue weighted by atomic mass is 9.91. The molecule has 21 heavy (non-hydrogen) atoms. The zero-order valence-corrected chi connectivity index (χ0v) is 12.8. The second-order valence-corrected chi connectivity index (χ2v) is 6.28. The molecule has 1 aromatic carbocycles. The summed E-state index contributed by atoms with van der Waals surface area (Å²) in [5.74, 6) is 0.788. The predicted molar refractivity (Wildman–Crippen MR) is 79.6 cm³/mol. The average molecular weight is 292 g/mol. The van der Waals surface area contributed by atoms with Gasteiger partial charge in [0.25, 0.3) is 0 Å². The van der Waals surface area contributed by atoms with E-state index < -0.39 is 6.10 Å². The normalized spacial score (nSPS) is 30.5. The van der Waals surface area contributed by atoms with Crippen LogP contribution in [-0.2, 0) is 9.47 Å². The van der Waals surface area contributed by atoms with Crippen molar-refractivity contribution in [3.8, 4) is 5.75 Å². The van der Waals surface area contributed by atoms with E-state index in [0.29, 0.717) is 13.2 Å². The Morgan fingerprint density at radius 1 is 1.38 bits per heavy atom. The first-order valence-corrected chi connectivity index (χ1v) is 7.75. The van der Waals surface area contributed by atoms with Crippen molar-refractivity contribution >= 4 is 0 Å². The van der Waals surface area contributed by atoms with Crippen LogP contribution in [0.3, 0.4) is 0 Å². The number of benzene rings is 1. The summed E-state index contributed by atoms with van der Waals surface area (Å²) in [6.07, 6.45) is 2.29. The van der Waals surface area contributed by atoms with Crippen molar-refractivity contribution in [3.63, 3.8) is 0 Å². The third-order valence-corrected chi connectivity index (χ3v) is 4.42. The Labute approximate surface area is 126 Å². The van der Waals surface area contributed by atoms with Crippen molar-refractivity contribution in [2.24, 2.45) is 0 Å². The molecule has 2 unspecified atom stereocenters. The number of aryl methyl sites for hydroxylation is 1. The zero-order valence-electron chi connectivity index (χ0n) is 12.8. The number of rotatable bonds is 3. The van der Waals surface area contributed by atoms with Gasteiger partial charge in [0.05, 0.1) is 24.9 Å². The summed E-state index contributed by atoms with van der Waals surface area (Å²) >= 11 is 0. The van der Waals surface area contributed by atoms with Crippen LogP contribution < -0.4 is 4.74 Å². The van der Waals surface area contributed by atoms with Crippen molar-refractivity contribution in [1.29, 1.82) is 0 Å². The van der Waals surface area contributed by atoms with Gasteiger partial charge in [-0.2, -0.15) is 0 Å². The van der Waals surface area contributed by atoms with Crippen LogP contribution in [0.1, 0.15) is 43.4 Å². The molecule has 3 atom stereocenters. The Kier molecular flexibility index (Phi) is 4.20. The quantitative estimate of drug-likeness (QED) is 0.930. The highest BCUT2D eigenvalue weighted by atomic mass is 16.6. The fourth-order valence-corrected chi connectivity index (χ4v) is 3.23.